The lowest BCUT2D eigenvalue weighted by Crippen LogP contribution is -2.60. The largest absolute Gasteiger partial charge is 0.374 e. The van der Waals surface area contributed by atoms with Gasteiger partial charge < -0.3 is 14.2 Å². The Balaban J connectivity index is 0.769. The third kappa shape index (κ3) is 7.44. The highest BCUT2D eigenvalue weighted by atomic mass is 16.5. The summed E-state index contributed by atoms with van der Waals surface area (Å²) in [5.41, 5.74) is 0. The highest BCUT2D eigenvalue weighted by molar-refractivity contribution is 5.12. The van der Waals surface area contributed by atoms with Gasteiger partial charge in [-0.25, -0.2) is 0 Å². The van der Waals surface area contributed by atoms with Crippen LogP contribution in [0.4, 0.5) is 0 Å². The minimum absolute atomic E-state index is 0.483. The van der Waals surface area contributed by atoms with Gasteiger partial charge >= 0.3 is 0 Å². The molecule has 0 radical (unpaired) electrons. The van der Waals surface area contributed by atoms with E-state index in [1.807, 2.05) is 0 Å². The second-order valence-corrected chi connectivity index (χ2v) is 26.1. The number of nitrogens with zero attached hydrogens (tertiary/aromatic N) is 1. The molecular weight excluding hydrogens is 759 g/mol. The Morgan fingerprint density at radius 1 is 0.242 bits per heavy atom. The number of rotatable bonds is 6. The lowest BCUT2D eigenvalue weighted by atomic mass is 9.57. The van der Waals surface area contributed by atoms with Gasteiger partial charge in [-0.2, -0.15) is 0 Å². The fourth-order valence-electron chi connectivity index (χ4n) is 21.5. The van der Waals surface area contributed by atoms with Crippen LogP contribution >= 0.6 is 0 Å². The van der Waals surface area contributed by atoms with Crippen molar-refractivity contribution in [1.82, 2.24) is 4.90 Å². The second-order valence-electron chi connectivity index (χ2n) is 26.1. The van der Waals surface area contributed by atoms with Crippen LogP contribution in [-0.2, 0) is 14.2 Å². The molecule has 3 aliphatic heterocycles. The quantitative estimate of drug-likeness (QED) is 0.266. The van der Waals surface area contributed by atoms with E-state index in [4.69, 9.17) is 14.2 Å². The molecule has 10 saturated carbocycles. The van der Waals surface area contributed by atoms with Crippen LogP contribution in [0.2, 0.25) is 0 Å². The first-order valence-electron chi connectivity index (χ1n) is 29.5. The zero-order chi connectivity index (χ0) is 40.7. The zero-order valence-electron chi connectivity index (χ0n) is 39.7. The fraction of sp³-hybridized carbons (Fsp3) is 1.00. The van der Waals surface area contributed by atoms with Gasteiger partial charge in [0.2, 0.25) is 0 Å². The monoisotopic (exact) mass is 852 g/mol. The van der Waals surface area contributed by atoms with E-state index in [1.54, 1.807) is 57.8 Å². The molecule has 18 atom stereocenters. The molecule has 13 aliphatic rings. The van der Waals surface area contributed by atoms with Gasteiger partial charge in [0.25, 0.3) is 0 Å². The zero-order valence-corrected chi connectivity index (χ0v) is 39.7. The molecule has 4 nitrogen and oxygen atoms in total. The van der Waals surface area contributed by atoms with Crippen molar-refractivity contribution in [3.63, 3.8) is 0 Å². The van der Waals surface area contributed by atoms with Gasteiger partial charge in [-0.3, -0.25) is 4.90 Å². The van der Waals surface area contributed by atoms with Crippen molar-refractivity contribution in [2.24, 2.45) is 82.9 Å². The molecule has 3 saturated heterocycles. The lowest BCUT2D eigenvalue weighted by molar-refractivity contribution is -0.121. The van der Waals surface area contributed by atoms with E-state index in [-0.39, 0.29) is 0 Å². The first-order valence-corrected chi connectivity index (χ1v) is 29.5. The smallest absolute Gasteiger partial charge is 0.0768 e. The molecule has 4 heteroatoms. The molecule has 10 aliphatic carbocycles. The molecule has 62 heavy (non-hydrogen) atoms. The third-order valence-electron chi connectivity index (χ3n) is 23.8. The van der Waals surface area contributed by atoms with E-state index in [9.17, 15) is 0 Å². The minimum Gasteiger partial charge on any atom is -0.374 e. The Kier molecular flexibility index (Phi) is 12.2. The van der Waals surface area contributed by atoms with Crippen molar-refractivity contribution in [3.05, 3.63) is 0 Å². The molecule has 348 valence electrons. The summed E-state index contributed by atoms with van der Waals surface area (Å²) in [5, 5.41) is 0. The van der Waals surface area contributed by atoms with Crippen molar-refractivity contribution in [1.29, 1.82) is 0 Å². The molecule has 0 spiro atoms. The van der Waals surface area contributed by atoms with Gasteiger partial charge in [0, 0.05) is 24.0 Å². The summed E-state index contributed by atoms with van der Waals surface area (Å²) in [5.74, 6) is 12.6. The second kappa shape index (κ2) is 18.1. The van der Waals surface area contributed by atoms with Gasteiger partial charge in [-0.15, -0.1) is 0 Å². The van der Waals surface area contributed by atoms with E-state index in [0.717, 1.165) is 89.0 Å². The Labute approximate surface area is 380 Å². The van der Waals surface area contributed by atoms with Crippen LogP contribution in [0, 0.1) is 82.9 Å². The molecule has 0 aromatic carbocycles. The predicted octanol–water partition coefficient (Wildman–Crippen LogP) is 14.1. The summed E-state index contributed by atoms with van der Waals surface area (Å²) >= 11 is 0. The topological polar surface area (TPSA) is 30.9 Å². The van der Waals surface area contributed by atoms with Crippen LogP contribution in [0.5, 0.6) is 0 Å². The van der Waals surface area contributed by atoms with E-state index >= 15 is 0 Å². The van der Waals surface area contributed by atoms with Crippen molar-refractivity contribution < 1.29 is 14.2 Å². The normalized spacial score (nSPS) is 54.3. The Morgan fingerprint density at radius 2 is 0.726 bits per heavy atom. The molecule has 0 aromatic rings. The Bertz CT molecular complexity index is 1490. The van der Waals surface area contributed by atoms with Crippen LogP contribution in [0.25, 0.3) is 0 Å². The van der Waals surface area contributed by atoms with Crippen molar-refractivity contribution in [2.45, 2.75) is 279 Å². The third-order valence-corrected chi connectivity index (χ3v) is 23.8. The standard InChI is InChI=1S/C58H93NO3/c1-2-12-36(13-3-1)37-24-28-40(29-25-37)59(41-30-26-39(27-31-41)43-19-10-15-38-14-4-5-16-42(38)43)50-34-32-44(54-48-17-6-9-23-52(48)61-58(50)54)45-20-11-21-46-47-33-35-53-55(57(47)62-56(45)46)49-18-7-8-22-51(49)60-53/h36-58H,1-35H2. The number of ether oxygens (including phenoxy) is 3. The first-order chi connectivity index (χ1) is 30.7. The molecule has 3 heterocycles. The summed E-state index contributed by atoms with van der Waals surface area (Å²) in [4.78, 5) is 3.38. The maximum atomic E-state index is 7.78. The van der Waals surface area contributed by atoms with Crippen LogP contribution in [-0.4, -0.2) is 59.6 Å². The average molecular weight is 852 g/mol. The van der Waals surface area contributed by atoms with Crippen LogP contribution in [0.3, 0.4) is 0 Å². The summed E-state index contributed by atoms with van der Waals surface area (Å²) < 4.78 is 22.5. The molecule has 18 unspecified atom stereocenters. The molecule has 0 amide bonds. The molecule has 13 fully saturated rings. The highest BCUT2D eigenvalue weighted by Crippen LogP contribution is 2.62. The maximum absolute atomic E-state index is 7.78. The minimum atomic E-state index is 0.483. The van der Waals surface area contributed by atoms with E-state index in [0.29, 0.717) is 48.6 Å². The van der Waals surface area contributed by atoms with E-state index < -0.39 is 0 Å². The maximum Gasteiger partial charge on any atom is 0.0768 e. The van der Waals surface area contributed by atoms with Gasteiger partial charge in [-0.1, -0.05) is 96.3 Å². The highest BCUT2D eigenvalue weighted by Gasteiger charge is 2.63. The van der Waals surface area contributed by atoms with Crippen LogP contribution in [0.1, 0.15) is 225 Å². The first kappa shape index (κ1) is 42.0. The summed E-state index contributed by atoms with van der Waals surface area (Å²) in [7, 11) is 0. The Hall–Kier alpha value is -0.160. The fourth-order valence-corrected chi connectivity index (χ4v) is 21.5. The molecule has 0 aromatic heterocycles. The van der Waals surface area contributed by atoms with E-state index in [1.165, 1.54) is 167 Å². The molecular formula is C58H93NO3. The average Bonchev–Trinajstić information content (AvgIpc) is 4.04. The molecule has 0 N–H and O–H groups in total. The molecule has 0 bridgehead atoms. The predicted molar refractivity (Wildman–Crippen MR) is 250 cm³/mol. The molecule has 13 rings (SSSR count). The summed E-state index contributed by atoms with van der Waals surface area (Å²) in [6.45, 7) is 0. The number of hydrogen-bond donors (Lipinski definition) is 0. The van der Waals surface area contributed by atoms with Crippen molar-refractivity contribution >= 4 is 0 Å². The van der Waals surface area contributed by atoms with Gasteiger partial charge in [0.1, 0.15) is 0 Å². The number of fused-ring (bicyclic) bond motifs is 11. The van der Waals surface area contributed by atoms with Gasteiger partial charge in [0.05, 0.1) is 36.6 Å². The van der Waals surface area contributed by atoms with Crippen molar-refractivity contribution in [3.8, 4) is 0 Å². The van der Waals surface area contributed by atoms with E-state index in [2.05, 4.69) is 4.90 Å². The number of hydrogen-bond acceptors (Lipinski definition) is 4. The SMILES string of the molecule is C1CCC(C2CCC(N(C3CCC(C4CCCC5CCCCC54)CC3)C3CCC(C4CCCC5C6CCC7OC8CCCCC8C7C6OC54)C4C5CCCCC5OC43)CC2)CC1. The summed E-state index contributed by atoms with van der Waals surface area (Å²) in [6.07, 6.45) is 54.9. The lowest BCUT2D eigenvalue weighted by Gasteiger charge is -2.55. The van der Waals surface area contributed by atoms with Gasteiger partial charge in [-0.05, 0) is 205 Å². The van der Waals surface area contributed by atoms with Gasteiger partial charge in [0.15, 0.2) is 0 Å². The van der Waals surface area contributed by atoms with Crippen molar-refractivity contribution in [2.75, 3.05) is 0 Å². The van der Waals surface area contributed by atoms with Crippen LogP contribution < -0.4 is 0 Å². The van der Waals surface area contributed by atoms with Crippen LogP contribution in [0.15, 0.2) is 0 Å². The summed E-state index contributed by atoms with van der Waals surface area (Å²) in [6, 6.07) is 2.29. The Morgan fingerprint density at radius 3 is 1.48 bits per heavy atom.